The summed E-state index contributed by atoms with van der Waals surface area (Å²) >= 11 is 1.10. The Balaban J connectivity index is 2.00. The molecule has 1 N–H and O–H groups in total. The molecule has 0 unspecified atom stereocenters. The van der Waals surface area contributed by atoms with Crippen LogP contribution in [0.15, 0.2) is 41.6 Å². The Morgan fingerprint density at radius 2 is 1.96 bits per heavy atom. The van der Waals surface area contributed by atoms with Crippen molar-refractivity contribution < 1.29 is 18.0 Å². The molecule has 1 heterocycles. The number of amides is 1. The van der Waals surface area contributed by atoms with E-state index in [4.69, 9.17) is 0 Å². The van der Waals surface area contributed by atoms with Crippen molar-refractivity contribution >= 4 is 23.4 Å². The lowest BCUT2D eigenvalue weighted by Crippen LogP contribution is -2.16. The second-order valence-electron chi connectivity index (χ2n) is 5.91. The molecule has 2 rings (SSSR count). The number of benzene rings is 1. The van der Waals surface area contributed by atoms with Crippen molar-refractivity contribution in [3.8, 4) is 0 Å². The van der Waals surface area contributed by atoms with E-state index in [9.17, 15) is 18.0 Å². The summed E-state index contributed by atoms with van der Waals surface area (Å²) in [6.45, 7) is 6.02. The predicted octanol–water partition coefficient (Wildman–Crippen LogP) is 5.26. The maximum atomic E-state index is 12.5. The highest BCUT2D eigenvalue weighted by molar-refractivity contribution is 7.99. The zero-order valence-corrected chi connectivity index (χ0v) is 15.0. The lowest BCUT2D eigenvalue weighted by atomic mass is 9.98. The molecule has 0 saturated carbocycles. The summed E-state index contributed by atoms with van der Waals surface area (Å²) in [6.07, 6.45) is -3.63. The fourth-order valence-corrected chi connectivity index (χ4v) is 2.93. The van der Waals surface area contributed by atoms with Crippen LogP contribution in [0.3, 0.4) is 0 Å². The highest BCUT2D eigenvalue weighted by Crippen LogP contribution is 2.30. The third-order valence-corrected chi connectivity index (χ3v) is 4.55. The maximum absolute atomic E-state index is 12.5. The summed E-state index contributed by atoms with van der Waals surface area (Å²) in [7, 11) is 0. The summed E-state index contributed by atoms with van der Waals surface area (Å²) in [4.78, 5) is 15.9. The monoisotopic (exact) mass is 368 g/mol. The van der Waals surface area contributed by atoms with E-state index in [0.717, 1.165) is 40.8 Å². The molecule has 1 aromatic heterocycles. The van der Waals surface area contributed by atoms with Gasteiger partial charge in [0, 0.05) is 11.9 Å². The summed E-state index contributed by atoms with van der Waals surface area (Å²) < 4.78 is 37.5. The van der Waals surface area contributed by atoms with E-state index in [1.54, 1.807) is 0 Å². The first-order valence-corrected chi connectivity index (χ1v) is 8.72. The molecule has 25 heavy (non-hydrogen) atoms. The van der Waals surface area contributed by atoms with E-state index in [1.807, 2.05) is 39.0 Å². The van der Waals surface area contributed by atoms with Gasteiger partial charge in [-0.25, -0.2) is 4.98 Å². The molecule has 1 amide bonds. The number of hydrogen-bond acceptors (Lipinski definition) is 3. The van der Waals surface area contributed by atoms with Crippen molar-refractivity contribution in [3.05, 3.63) is 53.2 Å². The molecule has 0 bridgehead atoms. The van der Waals surface area contributed by atoms with Crippen molar-refractivity contribution in [2.24, 2.45) is 0 Å². The Labute approximate surface area is 149 Å². The smallest absolute Gasteiger partial charge is 0.325 e. The highest BCUT2D eigenvalue weighted by Gasteiger charge is 2.30. The average Bonchev–Trinajstić information content (AvgIpc) is 2.54. The summed E-state index contributed by atoms with van der Waals surface area (Å²) in [6, 6.07) is 8.07. The van der Waals surface area contributed by atoms with E-state index >= 15 is 0 Å². The van der Waals surface area contributed by atoms with Crippen LogP contribution in [-0.4, -0.2) is 16.6 Å². The number of nitrogens with one attached hydrogen (secondary N) is 1. The Morgan fingerprint density at radius 1 is 1.24 bits per heavy atom. The fraction of sp³-hybridized carbons (Fsp3) is 0.333. The average molecular weight is 368 g/mol. The standard InChI is InChI=1S/C18H19F3N2OS/c1-11(2)14-6-4-5-12(3)17(14)23-15(24)10-25-16-8-7-13(9-22-16)18(19,20)21/h4-9,11H,10H2,1-3H3,(H,23,24). The van der Waals surface area contributed by atoms with Crippen LogP contribution in [0, 0.1) is 6.92 Å². The van der Waals surface area contributed by atoms with Gasteiger partial charge in [0.1, 0.15) is 0 Å². The van der Waals surface area contributed by atoms with Gasteiger partial charge in [0.2, 0.25) is 5.91 Å². The van der Waals surface area contributed by atoms with E-state index in [-0.39, 0.29) is 17.6 Å². The number of thioether (sulfide) groups is 1. The molecule has 0 spiro atoms. The molecule has 0 aliphatic rings. The lowest BCUT2D eigenvalue weighted by molar-refractivity contribution is -0.137. The number of anilines is 1. The Kier molecular flexibility index (Phi) is 6.11. The van der Waals surface area contributed by atoms with Gasteiger partial charge in [0.25, 0.3) is 0 Å². The molecule has 0 aliphatic carbocycles. The van der Waals surface area contributed by atoms with Gasteiger partial charge in [-0.2, -0.15) is 13.2 Å². The third kappa shape index (κ3) is 5.22. The van der Waals surface area contributed by atoms with E-state index in [2.05, 4.69) is 10.3 Å². The van der Waals surface area contributed by atoms with E-state index in [1.165, 1.54) is 6.07 Å². The van der Waals surface area contributed by atoms with Gasteiger partial charge < -0.3 is 5.32 Å². The SMILES string of the molecule is Cc1cccc(C(C)C)c1NC(=O)CSc1ccc(C(F)(F)F)cn1. The number of rotatable bonds is 5. The summed E-state index contributed by atoms with van der Waals surface area (Å²) in [5.41, 5.74) is 2.01. The number of aromatic nitrogens is 1. The molecule has 0 atom stereocenters. The van der Waals surface area contributed by atoms with E-state index < -0.39 is 11.7 Å². The zero-order valence-electron chi connectivity index (χ0n) is 14.1. The number of carbonyl (C=O) groups is 1. The van der Waals surface area contributed by atoms with Crippen LogP contribution in [0.1, 0.15) is 36.5 Å². The number of alkyl halides is 3. The molecule has 3 nitrogen and oxygen atoms in total. The molecule has 2 aromatic rings. The molecule has 0 aliphatic heterocycles. The van der Waals surface area contributed by atoms with Gasteiger partial charge in [-0.3, -0.25) is 4.79 Å². The molecule has 0 fully saturated rings. The molecule has 0 radical (unpaired) electrons. The van der Waals surface area contributed by atoms with Crippen LogP contribution in [0.4, 0.5) is 18.9 Å². The fourth-order valence-electron chi connectivity index (χ4n) is 2.29. The summed E-state index contributed by atoms with van der Waals surface area (Å²) in [5, 5.41) is 3.27. The van der Waals surface area contributed by atoms with Crippen LogP contribution in [-0.2, 0) is 11.0 Å². The van der Waals surface area contributed by atoms with Crippen molar-refractivity contribution in [3.63, 3.8) is 0 Å². The number of nitrogens with zero attached hydrogens (tertiary/aromatic N) is 1. The number of pyridine rings is 1. The second kappa shape index (κ2) is 7.91. The predicted molar refractivity (Wildman–Crippen MR) is 93.9 cm³/mol. The molecular formula is C18H19F3N2OS. The molecule has 7 heteroatoms. The minimum Gasteiger partial charge on any atom is -0.325 e. The van der Waals surface area contributed by atoms with Crippen LogP contribution in [0.2, 0.25) is 0 Å². The Hall–Kier alpha value is -2.02. The molecule has 0 saturated heterocycles. The van der Waals surface area contributed by atoms with Crippen molar-refractivity contribution in [2.75, 3.05) is 11.1 Å². The van der Waals surface area contributed by atoms with Crippen molar-refractivity contribution in [1.29, 1.82) is 0 Å². The van der Waals surface area contributed by atoms with Crippen molar-refractivity contribution in [1.82, 2.24) is 4.98 Å². The third-order valence-electron chi connectivity index (χ3n) is 3.61. The minimum absolute atomic E-state index is 0.0736. The zero-order chi connectivity index (χ0) is 18.6. The lowest BCUT2D eigenvalue weighted by Gasteiger charge is -2.16. The quantitative estimate of drug-likeness (QED) is 0.732. The maximum Gasteiger partial charge on any atom is 0.417 e. The van der Waals surface area contributed by atoms with Crippen LogP contribution < -0.4 is 5.32 Å². The Morgan fingerprint density at radius 3 is 2.52 bits per heavy atom. The number of carbonyl (C=O) groups excluding carboxylic acids is 1. The van der Waals surface area contributed by atoms with Crippen LogP contribution in [0.25, 0.3) is 0 Å². The van der Waals surface area contributed by atoms with Gasteiger partial charge in [-0.15, -0.1) is 0 Å². The highest BCUT2D eigenvalue weighted by atomic mass is 32.2. The first-order valence-electron chi connectivity index (χ1n) is 7.74. The van der Waals surface area contributed by atoms with Gasteiger partial charge in [0.15, 0.2) is 0 Å². The molecule has 134 valence electrons. The first kappa shape index (κ1) is 19.3. The molecule has 1 aromatic carbocycles. The molecular weight excluding hydrogens is 349 g/mol. The van der Waals surface area contributed by atoms with Gasteiger partial charge >= 0.3 is 6.18 Å². The van der Waals surface area contributed by atoms with Crippen LogP contribution in [0.5, 0.6) is 0 Å². The number of para-hydroxylation sites is 1. The van der Waals surface area contributed by atoms with Gasteiger partial charge in [0.05, 0.1) is 16.3 Å². The minimum atomic E-state index is -4.41. The van der Waals surface area contributed by atoms with Crippen LogP contribution >= 0.6 is 11.8 Å². The second-order valence-corrected chi connectivity index (χ2v) is 6.91. The number of halogens is 3. The van der Waals surface area contributed by atoms with Gasteiger partial charge in [-0.05, 0) is 36.1 Å². The Bertz CT molecular complexity index is 743. The largest absolute Gasteiger partial charge is 0.417 e. The first-order chi connectivity index (χ1) is 11.7. The van der Waals surface area contributed by atoms with Gasteiger partial charge in [-0.1, -0.05) is 43.8 Å². The number of hydrogen-bond donors (Lipinski definition) is 1. The van der Waals surface area contributed by atoms with E-state index in [0.29, 0.717) is 5.03 Å². The topological polar surface area (TPSA) is 42.0 Å². The number of aryl methyl sites for hydroxylation is 1. The van der Waals surface area contributed by atoms with Crippen molar-refractivity contribution in [2.45, 2.75) is 37.9 Å². The normalized spacial score (nSPS) is 11.6. The summed E-state index contributed by atoms with van der Waals surface area (Å²) in [5.74, 6) is 0.117.